The zero-order valence-electron chi connectivity index (χ0n) is 17.0. The van der Waals surface area contributed by atoms with Gasteiger partial charge in [0.1, 0.15) is 0 Å². The van der Waals surface area contributed by atoms with Crippen LogP contribution in [-0.4, -0.2) is 45.1 Å². The Balaban J connectivity index is 1.86. The van der Waals surface area contributed by atoms with Crippen molar-refractivity contribution in [3.05, 3.63) is 60.0 Å². The first-order chi connectivity index (χ1) is 13.7. The molecule has 29 heavy (non-hydrogen) atoms. The second-order valence-corrected chi connectivity index (χ2v) is 8.84. The van der Waals surface area contributed by atoms with Crippen molar-refractivity contribution in [3.63, 3.8) is 0 Å². The standard InChI is InChI=1S/C21H26FN3O3S/c1-5-28-21-11-10-15(12-18(21)22)29(26,27)23-13-20(24(2)3)17-14-25(4)19-9-7-6-8-16(17)19/h6-12,14,20,23H,5,13H2,1-4H3/t20-/m0/s1. The predicted octanol–water partition coefficient (Wildman–Crippen LogP) is 3.30. The van der Waals surface area contributed by atoms with Crippen molar-refractivity contribution in [3.8, 4) is 5.75 Å². The van der Waals surface area contributed by atoms with Crippen LogP contribution in [0.1, 0.15) is 18.5 Å². The maximum Gasteiger partial charge on any atom is 0.240 e. The van der Waals surface area contributed by atoms with Gasteiger partial charge in [-0.2, -0.15) is 0 Å². The Hall–Kier alpha value is -2.42. The highest BCUT2D eigenvalue weighted by Gasteiger charge is 2.23. The van der Waals surface area contributed by atoms with Crippen LogP contribution in [0.2, 0.25) is 0 Å². The summed E-state index contributed by atoms with van der Waals surface area (Å²) in [5, 5.41) is 1.07. The van der Waals surface area contributed by atoms with Gasteiger partial charge in [-0.15, -0.1) is 0 Å². The van der Waals surface area contributed by atoms with Crippen LogP contribution >= 0.6 is 0 Å². The monoisotopic (exact) mass is 419 g/mol. The number of aromatic nitrogens is 1. The van der Waals surface area contributed by atoms with E-state index in [4.69, 9.17) is 4.74 Å². The minimum Gasteiger partial charge on any atom is -0.491 e. The molecule has 3 rings (SSSR count). The van der Waals surface area contributed by atoms with Gasteiger partial charge in [0.05, 0.1) is 11.5 Å². The SMILES string of the molecule is CCOc1ccc(S(=O)(=O)NC[C@@H](c2cn(C)c3ccccc23)N(C)C)cc1F. The first-order valence-electron chi connectivity index (χ1n) is 9.37. The molecule has 1 heterocycles. The number of nitrogens with zero attached hydrogens (tertiary/aromatic N) is 2. The van der Waals surface area contributed by atoms with Crippen molar-refractivity contribution in [2.75, 3.05) is 27.2 Å². The van der Waals surface area contributed by atoms with Gasteiger partial charge in [-0.25, -0.2) is 17.5 Å². The molecule has 0 saturated heterocycles. The molecule has 1 aromatic heterocycles. The second-order valence-electron chi connectivity index (χ2n) is 7.07. The summed E-state index contributed by atoms with van der Waals surface area (Å²) in [6, 6.07) is 11.5. The fraction of sp³-hybridized carbons (Fsp3) is 0.333. The summed E-state index contributed by atoms with van der Waals surface area (Å²) in [4.78, 5) is 1.83. The van der Waals surface area contributed by atoms with Crippen molar-refractivity contribution in [2.24, 2.45) is 7.05 Å². The quantitative estimate of drug-likeness (QED) is 0.609. The maximum atomic E-state index is 14.1. The number of para-hydroxylation sites is 1. The summed E-state index contributed by atoms with van der Waals surface area (Å²) >= 11 is 0. The fourth-order valence-corrected chi connectivity index (χ4v) is 4.45. The number of hydrogen-bond acceptors (Lipinski definition) is 4. The van der Waals surface area contributed by atoms with Crippen LogP contribution in [0.15, 0.2) is 53.6 Å². The lowest BCUT2D eigenvalue weighted by Crippen LogP contribution is -2.34. The Morgan fingerprint density at radius 1 is 1.21 bits per heavy atom. The van der Waals surface area contributed by atoms with E-state index in [9.17, 15) is 12.8 Å². The predicted molar refractivity (Wildman–Crippen MR) is 112 cm³/mol. The molecule has 156 valence electrons. The number of likely N-dealkylation sites (N-methyl/N-ethyl adjacent to an activating group) is 1. The third kappa shape index (κ3) is 4.44. The number of nitrogens with one attached hydrogen (secondary N) is 1. The molecule has 0 spiro atoms. The fourth-order valence-electron chi connectivity index (χ4n) is 3.40. The van der Waals surface area contributed by atoms with Crippen LogP contribution in [0.4, 0.5) is 4.39 Å². The highest BCUT2D eigenvalue weighted by atomic mass is 32.2. The second kappa shape index (κ2) is 8.52. The van der Waals surface area contributed by atoms with E-state index in [0.717, 1.165) is 22.5 Å². The first-order valence-corrected chi connectivity index (χ1v) is 10.8. The molecule has 0 radical (unpaired) electrons. The van der Waals surface area contributed by atoms with E-state index >= 15 is 0 Å². The van der Waals surface area contributed by atoms with Gasteiger partial charge in [-0.3, -0.25) is 0 Å². The van der Waals surface area contributed by atoms with Crippen molar-refractivity contribution in [1.29, 1.82) is 0 Å². The van der Waals surface area contributed by atoms with Gasteiger partial charge in [-0.05, 0) is 50.8 Å². The van der Waals surface area contributed by atoms with E-state index < -0.39 is 15.8 Å². The number of fused-ring (bicyclic) bond motifs is 1. The highest BCUT2D eigenvalue weighted by Crippen LogP contribution is 2.29. The van der Waals surface area contributed by atoms with Crippen molar-refractivity contribution in [1.82, 2.24) is 14.2 Å². The van der Waals surface area contributed by atoms with Gasteiger partial charge in [0.25, 0.3) is 0 Å². The Labute approximate surface area is 170 Å². The minimum absolute atomic E-state index is 0.0355. The summed E-state index contributed by atoms with van der Waals surface area (Å²) in [6.45, 7) is 2.19. The number of sulfonamides is 1. The van der Waals surface area contributed by atoms with Crippen molar-refractivity contribution < 1.29 is 17.5 Å². The zero-order chi connectivity index (χ0) is 21.2. The highest BCUT2D eigenvalue weighted by molar-refractivity contribution is 7.89. The van der Waals surface area contributed by atoms with E-state index in [-0.39, 0.29) is 23.2 Å². The van der Waals surface area contributed by atoms with E-state index in [0.29, 0.717) is 6.61 Å². The number of hydrogen-bond donors (Lipinski definition) is 1. The number of halogens is 1. The number of aryl methyl sites for hydroxylation is 1. The minimum atomic E-state index is -3.88. The number of rotatable bonds is 8. The van der Waals surface area contributed by atoms with Crippen LogP contribution in [0, 0.1) is 5.82 Å². The zero-order valence-corrected chi connectivity index (χ0v) is 17.8. The molecule has 0 saturated carbocycles. The summed E-state index contributed by atoms with van der Waals surface area (Å²) in [5.41, 5.74) is 2.10. The summed E-state index contributed by atoms with van der Waals surface area (Å²) in [5.74, 6) is -0.665. The van der Waals surface area contributed by atoms with Gasteiger partial charge in [-0.1, -0.05) is 18.2 Å². The Morgan fingerprint density at radius 3 is 2.59 bits per heavy atom. The average Bonchev–Trinajstić information content (AvgIpc) is 3.00. The third-order valence-corrected chi connectivity index (χ3v) is 6.31. The van der Waals surface area contributed by atoms with Crippen LogP contribution in [0.25, 0.3) is 10.9 Å². The molecule has 0 unspecified atom stereocenters. The van der Waals surface area contributed by atoms with Gasteiger partial charge >= 0.3 is 0 Å². The molecule has 6 nitrogen and oxygen atoms in total. The lowest BCUT2D eigenvalue weighted by molar-refractivity contribution is 0.301. The summed E-state index contributed by atoms with van der Waals surface area (Å²) in [7, 11) is 1.89. The topological polar surface area (TPSA) is 63.6 Å². The maximum absolute atomic E-state index is 14.1. The van der Waals surface area contributed by atoms with E-state index in [1.165, 1.54) is 12.1 Å². The van der Waals surface area contributed by atoms with Crippen LogP contribution in [0.5, 0.6) is 5.75 Å². The molecule has 0 aliphatic rings. The number of ether oxygens (including phenoxy) is 1. The molecule has 1 N–H and O–H groups in total. The first kappa shape index (κ1) is 21.3. The summed E-state index contributed by atoms with van der Waals surface area (Å²) < 4.78 is 49.4. The normalized spacial score (nSPS) is 13.2. The Kier molecular flexibility index (Phi) is 6.26. The lowest BCUT2D eigenvalue weighted by Gasteiger charge is -2.24. The number of benzene rings is 2. The van der Waals surface area contributed by atoms with Crippen molar-refractivity contribution in [2.45, 2.75) is 17.9 Å². The molecule has 1 atom stereocenters. The van der Waals surface area contributed by atoms with E-state index in [1.807, 2.05) is 61.1 Å². The molecular formula is C21H26FN3O3S. The van der Waals surface area contributed by atoms with Gasteiger partial charge in [0.15, 0.2) is 11.6 Å². The molecule has 0 aliphatic heterocycles. The summed E-state index contributed by atoms with van der Waals surface area (Å²) in [6.07, 6.45) is 2.01. The van der Waals surface area contributed by atoms with Crippen LogP contribution in [-0.2, 0) is 17.1 Å². The Bertz CT molecular complexity index is 1110. The molecule has 3 aromatic rings. The van der Waals surface area contributed by atoms with Crippen molar-refractivity contribution >= 4 is 20.9 Å². The molecule has 0 amide bonds. The van der Waals surface area contributed by atoms with Gasteiger partial charge in [0, 0.05) is 36.7 Å². The third-order valence-electron chi connectivity index (χ3n) is 4.89. The smallest absolute Gasteiger partial charge is 0.240 e. The molecule has 2 aromatic carbocycles. The van der Waals surface area contributed by atoms with Crippen LogP contribution in [0.3, 0.4) is 0 Å². The molecular weight excluding hydrogens is 393 g/mol. The van der Waals surface area contributed by atoms with Crippen LogP contribution < -0.4 is 9.46 Å². The molecule has 8 heteroatoms. The molecule has 0 bridgehead atoms. The largest absolute Gasteiger partial charge is 0.491 e. The van der Waals surface area contributed by atoms with E-state index in [2.05, 4.69) is 4.72 Å². The lowest BCUT2D eigenvalue weighted by atomic mass is 10.1. The average molecular weight is 420 g/mol. The molecule has 0 aliphatic carbocycles. The van der Waals surface area contributed by atoms with E-state index in [1.54, 1.807) is 6.92 Å². The van der Waals surface area contributed by atoms with Gasteiger partial charge < -0.3 is 14.2 Å². The Morgan fingerprint density at radius 2 is 1.93 bits per heavy atom. The molecule has 0 fully saturated rings. The van der Waals surface area contributed by atoms with Gasteiger partial charge in [0.2, 0.25) is 10.0 Å².